The Morgan fingerprint density at radius 2 is 1.85 bits per heavy atom. The van der Waals surface area contributed by atoms with Gasteiger partial charge in [-0.3, -0.25) is 0 Å². The molecule has 168 valence electrons. The third kappa shape index (κ3) is 4.15. The Bertz CT molecular complexity index is 1280. The maximum absolute atomic E-state index is 12.1. The second-order valence-corrected chi connectivity index (χ2v) is 8.81. The van der Waals surface area contributed by atoms with E-state index in [4.69, 9.17) is 25.8 Å². The summed E-state index contributed by atoms with van der Waals surface area (Å²) in [4.78, 5) is 15.2. The van der Waals surface area contributed by atoms with Gasteiger partial charge >= 0.3 is 5.97 Å². The molecule has 1 aromatic heterocycles. The molecule has 6 heteroatoms. The van der Waals surface area contributed by atoms with Crippen LogP contribution in [0.1, 0.15) is 21.5 Å². The number of rotatable bonds is 7. The molecule has 0 bridgehead atoms. The van der Waals surface area contributed by atoms with Crippen LogP contribution in [0.25, 0.3) is 22.0 Å². The van der Waals surface area contributed by atoms with Crippen molar-refractivity contribution in [2.45, 2.75) is 12.0 Å². The number of carbonyl (C=O) groups excluding carboxylic acids is 1. The van der Waals surface area contributed by atoms with Gasteiger partial charge < -0.3 is 19.2 Å². The van der Waals surface area contributed by atoms with Crippen LogP contribution in [0, 0.1) is 0 Å². The molecule has 0 spiro atoms. The van der Waals surface area contributed by atoms with Crippen LogP contribution >= 0.6 is 11.6 Å². The zero-order chi connectivity index (χ0) is 22.8. The van der Waals surface area contributed by atoms with Crippen molar-refractivity contribution >= 4 is 28.5 Å². The summed E-state index contributed by atoms with van der Waals surface area (Å²) in [5.41, 5.74) is 5.32. The first kappa shape index (κ1) is 21.7. The third-order valence-electron chi connectivity index (χ3n) is 6.23. The number of aromatic nitrogens is 1. The number of carbonyl (C=O) groups is 1. The van der Waals surface area contributed by atoms with Crippen molar-refractivity contribution in [1.82, 2.24) is 4.98 Å². The molecular formula is C27H24ClNO4. The Hall–Kier alpha value is -3.12. The van der Waals surface area contributed by atoms with Crippen LogP contribution in [0.15, 0.2) is 72.9 Å². The van der Waals surface area contributed by atoms with E-state index in [1.165, 1.54) is 12.7 Å². The normalized spacial score (nSPS) is 14.7. The number of hydrogen-bond donors (Lipinski definition) is 1. The molecule has 1 aliphatic heterocycles. The number of H-pyrrole nitrogens is 1. The topological polar surface area (TPSA) is 60.6 Å². The number of ether oxygens (including phenoxy) is 3. The lowest BCUT2D eigenvalue weighted by atomic mass is 9.79. The minimum atomic E-state index is -0.382. The molecular weight excluding hydrogens is 438 g/mol. The zero-order valence-corrected chi connectivity index (χ0v) is 19.0. The number of halogens is 1. The third-order valence-corrected chi connectivity index (χ3v) is 6.54. The van der Waals surface area contributed by atoms with E-state index >= 15 is 0 Å². The number of hydrogen-bond acceptors (Lipinski definition) is 4. The van der Waals surface area contributed by atoms with E-state index in [1.54, 1.807) is 6.20 Å². The second kappa shape index (κ2) is 9.02. The first-order valence-electron chi connectivity index (χ1n) is 10.8. The number of esters is 1. The van der Waals surface area contributed by atoms with Crippen LogP contribution in [-0.2, 0) is 26.2 Å². The summed E-state index contributed by atoms with van der Waals surface area (Å²) in [6, 6.07) is 22.3. The second-order valence-electron chi connectivity index (χ2n) is 8.40. The Morgan fingerprint density at radius 3 is 2.52 bits per heavy atom. The van der Waals surface area contributed by atoms with Gasteiger partial charge in [0.05, 0.1) is 49.5 Å². The first-order valence-corrected chi connectivity index (χ1v) is 11.2. The number of methoxy groups -OCH3 is 1. The fraction of sp³-hybridized carbons (Fsp3) is 0.222. The van der Waals surface area contributed by atoms with Crippen LogP contribution in [-0.4, -0.2) is 37.9 Å². The van der Waals surface area contributed by atoms with Crippen LogP contribution in [0.2, 0.25) is 5.02 Å². The van der Waals surface area contributed by atoms with Crippen LogP contribution in [0.4, 0.5) is 0 Å². The highest BCUT2D eigenvalue weighted by atomic mass is 35.5. The summed E-state index contributed by atoms with van der Waals surface area (Å²) < 4.78 is 16.5. The number of benzene rings is 3. The van der Waals surface area contributed by atoms with E-state index < -0.39 is 0 Å². The summed E-state index contributed by atoms with van der Waals surface area (Å²) in [6.07, 6.45) is 1.65. The van der Waals surface area contributed by atoms with E-state index in [2.05, 4.69) is 41.4 Å². The van der Waals surface area contributed by atoms with Crippen LogP contribution < -0.4 is 0 Å². The van der Waals surface area contributed by atoms with Gasteiger partial charge in [0.15, 0.2) is 0 Å². The zero-order valence-electron chi connectivity index (χ0n) is 18.3. The molecule has 2 heterocycles. The molecule has 0 amide bonds. The average molecular weight is 462 g/mol. The van der Waals surface area contributed by atoms with Gasteiger partial charge in [-0.05, 0) is 28.8 Å². The Labute approximate surface area is 197 Å². The minimum absolute atomic E-state index is 0.139. The highest BCUT2D eigenvalue weighted by Crippen LogP contribution is 2.37. The minimum Gasteiger partial charge on any atom is -0.465 e. The van der Waals surface area contributed by atoms with Gasteiger partial charge in [0, 0.05) is 22.7 Å². The lowest BCUT2D eigenvalue weighted by Crippen LogP contribution is -2.50. The highest BCUT2D eigenvalue weighted by molar-refractivity contribution is 6.34. The molecule has 0 aliphatic carbocycles. The van der Waals surface area contributed by atoms with Crippen molar-refractivity contribution in [2.75, 3.05) is 26.9 Å². The Morgan fingerprint density at radius 1 is 1.09 bits per heavy atom. The highest BCUT2D eigenvalue weighted by Gasteiger charge is 2.40. The molecule has 1 N–H and O–H groups in total. The lowest BCUT2D eigenvalue weighted by molar-refractivity contribution is -0.101. The van der Waals surface area contributed by atoms with Gasteiger partial charge in [0.2, 0.25) is 0 Å². The maximum atomic E-state index is 12.1. The van der Waals surface area contributed by atoms with E-state index in [0.29, 0.717) is 37.0 Å². The van der Waals surface area contributed by atoms with Crippen LogP contribution in [0.5, 0.6) is 0 Å². The molecule has 1 saturated heterocycles. The molecule has 0 atom stereocenters. The standard InChI is InChI=1S/C27H24ClNO4/c1-31-26(30)23-13-29-25-12-24(28)21(11-22(23)25)19-7-9-20(10-8-19)27(16-33-17-27)15-32-14-18-5-3-2-4-6-18/h2-13,29H,14-17H2,1H3. The Kier molecular flexibility index (Phi) is 5.94. The van der Waals surface area contributed by atoms with Gasteiger partial charge in [-0.2, -0.15) is 0 Å². The molecule has 1 aliphatic rings. The van der Waals surface area contributed by atoms with E-state index in [9.17, 15) is 4.79 Å². The SMILES string of the molecule is COC(=O)c1c[nH]c2cc(Cl)c(-c3ccc(C4(COCc5ccccc5)COC4)cc3)cc12. The largest absolute Gasteiger partial charge is 0.465 e. The number of nitrogens with one attached hydrogen (secondary N) is 1. The van der Waals surface area contributed by atoms with Crippen molar-refractivity contribution < 1.29 is 19.0 Å². The predicted octanol–water partition coefficient (Wildman–Crippen LogP) is 5.76. The van der Waals surface area contributed by atoms with Gasteiger partial charge in [-0.1, -0.05) is 66.2 Å². The fourth-order valence-electron chi connectivity index (χ4n) is 4.27. The van der Waals surface area contributed by atoms with E-state index in [1.807, 2.05) is 30.3 Å². The van der Waals surface area contributed by atoms with Crippen molar-refractivity contribution in [1.29, 1.82) is 0 Å². The van der Waals surface area contributed by atoms with Crippen molar-refractivity contribution in [3.63, 3.8) is 0 Å². The predicted molar refractivity (Wildman–Crippen MR) is 129 cm³/mol. The molecule has 3 aromatic carbocycles. The van der Waals surface area contributed by atoms with Gasteiger partial charge in [-0.25, -0.2) is 4.79 Å². The number of fused-ring (bicyclic) bond motifs is 1. The Balaban J connectivity index is 1.38. The molecule has 0 saturated carbocycles. The molecule has 1 fully saturated rings. The summed E-state index contributed by atoms with van der Waals surface area (Å²) >= 11 is 6.58. The summed E-state index contributed by atoms with van der Waals surface area (Å²) in [5, 5.41) is 1.39. The first-order chi connectivity index (χ1) is 16.1. The van der Waals surface area contributed by atoms with Crippen molar-refractivity contribution in [3.05, 3.63) is 94.6 Å². The van der Waals surface area contributed by atoms with E-state index in [0.717, 1.165) is 27.6 Å². The summed E-state index contributed by atoms with van der Waals surface area (Å²) in [7, 11) is 1.38. The maximum Gasteiger partial charge on any atom is 0.340 e. The van der Waals surface area contributed by atoms with Crippen molar-refractivity contribution in [2.24, 2.45) is 0 Å². The molecule has 33 heavy (non-hydrogen) atoms. The lowest BCUT2D eigenvalue weighted by Gasteiger charge is -2.41. The van der Waals surface area contributed by atoms with Crippen molar-refractivity contribution in [3.8, 4) is 11.1 Å². The monoisotopic (exact) mass is 461 g/mol. The summed E-state index contributed by atoms with van der Waals surface area (Å²) in [5.74, 6) is -0.382. The molecule has 5 rings (SSSR count). The number of aromatic amines is 1. The van der Waals surface area contributed by atoms with Crippen LogP contribution in [0.3, 0.4) is 0 Å². The van der Waals surface area contributed by atoms with Gasteiger partial charge in [-0.15, -0.1) is 0 Å². The summed E-state index contributed by atoms with van der Waals surface area (Å²) in [6.45, 7) is 2.45. The molecule has 0 unspecified atom stereocenters. The molecule has 0 radical (unpaired) electrons. The molecule has 5 nitrogen and oxygen atoms in total. The van der Waals surface area contributed by atoms with Gasteiger partial charge in [0.25, 0.3) is 0 Å². The fourth-order valence-corrected chi connectivity index (χ4v) is 4.54. The smallest absolute Gasteiger partial charge is 0.340 e. The molecule has 4 aromatic rings. The van der Waals surface area contributed by atoms with Gasteiger partial charge in [0.1, 0.15) is 0 Å². The average Bonchev–Trinajstić information content (AvgIpc) is 3.23. The van der Waals surface area contributed by atoms with E-state index in [-0.39, 0.29) is 11.4 Å². The quantitative estimate of drug-likeness (QED) is 0.355.